The highest BCUT2D eigenvalue weighted by atomic mass is 19.4. The van der Waals surface area contributed by atoms with E-state index in [0.29, 0.717) is 38.4 Å². The Bertz CT molecular complexity index is 890. The number of aliphatic hydroxyl groups excluding tert-OH is 1. The second-order valence-electron chi connectivity index (χ2n) is 7.37. The first-order chi connectivity index (χ1) is 14.7. The minimum atomic E-state index is -4.33. The van der Waals surface area contributed by atoms with Crippen molar-refractivity contribution < 1.29 is 23.1 Å². The number of amides is 2. The summed E-state index contributed by atoms with van der Waals surface area (Å²) < 4.78 is 38.1. The summed E-state index contributed by atoms with van der Waals surface area (Å²) in [6.45, 7) is 3.24. The Morgan fingerprint density at radius 2 is 1.68 bits per heavy atom. The smallest absolute Gasteiger partial charge is 0.388 e. The molecule has 1 aliphatic rings. The molecule has 2 aromatic rings. The lowest BCUT2D eigenvalue weighted by atomic mass is 10.1. The number of piperazine rings is 1. The average Bonchev–Trinajstić information content (AvgIpc) is 2.73. The van der Waals surface area contributed by atoms with Gasteiger partial charge in [0.25, 0.3) is 0 Å². The van der Waals surface area contributed by atoms with Gasteiger partial charge in [0.05, 0.1) is 11.7 Å². The molecule has 1 fully saturated rings. The van der Waals surface area contributed by atoms with Gasteiger partial charge in [-0.2, -0.15) is 13.2 Å². The zero-order chi connectivity index (χ0) is 22.4. The number of aliphatic hydroxyl groups is 1. The van der Waals surface area contributed by atoms with Gasteiger partial charge in [0, 0.05) is 44.1 Å². The Labute approximate surface area is 178 Å². The van der Waals surface area contributed by atoms with Gasteiger partial charge in [-0.1, -0.05) is 24.3 Å². The first-order valence-corrected chi connectivity index (χ1v) is 9.88. The molecular formula is C22H25F3N4O2. The SMILES string of the molecule is NC(=O)Nc1ccc(C=C[C@H](O)CN2CCN(c3ccc(C(F)(F)F)cc3)CC2)cc1. The normalized spacial score (nSPS) is 16.5. The Balaban J connectivity index is 1.46. The fraction of sp³-hybridized carbons (Fsp3) is 0.318. The molecular weight excluding hydrogens is 409 g/mol. The number of nitrogens with zero attached hydrogens (tertiary/aromatic N) is 2. The lowest BCUT2D eigenvalue weighted by Crippen LogP contribution is -2.48. The van der Waals surface area contributed by atoms with Crippen molar-refractivity contribution in [3.8, 4) is 0 Å². The standard InChI is InChI=1S/C22H25F3N4O2/c23-22(24,25)17-4-8-19(9-5-17)29-13-11-28(12-14-29)15-20(30)10-3-16-1-6-18(7-2-16)27-21(26)31/h1-10,20,30H,11-15H2,(H3,26,27,31)/t20-/m0/s1. The third kappa shape index (κ3) is 6.73. The fourth-order valence-electron chi connectivity index (χ4n) is 3.42. The van der Waals surface area contributed by atoms with Crippen LogP contribution in [0.3, 0.4) is 0 Å². The van der Waals surface area contributed by atoms with Crippen LogP contribution in [0.25, 0.3) is 6.08 Å². The molecule has 3 rings (SSSR count). The number of carbonyl (C=O) groups excluding carboxylic acids is 1. The van der Waals surface area contributed by atoms with Gasteiger partial charge < -0.3 is 21.1 Å². The van der Waals surface area contributed by atoms with Crippen LogP contribution in [0.15, 0.2) is 54.6 Å². The number of β-amino-alcohol motifs (C(OH)–C–C–N with tert-alkyl or cyclic N) is 1. The maximum absolute atomic E-state index is 12.7. The van der Waals surface area contributed by atoms with Crippen LogP contribution >= 0.6 is 0 Å². The largest absolute Gasteiger partial charge is 0.416 e. The highest BCUT2D eigenvalue weighted by Crippen LogP contribution is 2.30. The lowest BCUT2D eigenvalue weighted by molar-refractivity contribution is -0.137. The van der Waals surface area contributed by atoms with Gasteiger partial charge in [-0.25, -0.2) is 4.79 Å². The molecule has 31 heavy (non-hydrogen) atoms. The lowest BCUT2D eigenvalue weighted by Gasteiger charge is -2.36. The number of carbonyl (C=O) groups is 1. The molecule has 0 radical (unpaired) electrons. The van der Waals surface area contributed by atoms with Crippen LogP contribution in [-0.4, -0.2) is 54.9 Å². The van der Waals surface area contributed by atoms with Crippen LogP contribution in [-0.2, 0) is 6.18 Å². The topological polar surface area (TPSA) is 81.8 Å². The van der Waals surface area contributed by atoms with E-state index in [2.05, 4.69) is 10.2 Å². The van der Waals surface area contributed by atoms with Crippen molar-refractivity contribution in [3.05, 3.63) is 65.7 Å². The Kier molecular flexibility index (Phi) is 7.19. The van der Waals surface area contributed by atoms with Crippen molar-refractivity contribution in [3.63, 3.8) is 0 Å². The second-order valence-corrected chi connectivity index (χ2v) is 7.37. The number of alkyl halides is 3. The molecule has 1 atom stereocenters. The molecule has 0 saturated carbocycles. The van der Waals surface area contributed by atoms with Gasteiger partial charge in [0.1, 0.15) is 0 Å². The highest BCUT2D eigenvalue weighted by molar-refractivity contribution is 5.87. The molecule has 2 aromatic carbocycles. The monoisotopic (exact) mass is 434 g/mol. The number of nitrogens with one attached hydrogen (secondary N) is 1. The van der Waals surface area contributed by atoms with E-state index in [-0.39, 0.29) is 0 Å². The number of anilines is 2. The van der Waals surface area contributed by atoms with Crippen molar-refractivity contribution in [2.24, 2.45) is 5.73 Å². The van der Waals surface area contributed by atoms with Crippen molar-refractivity contribution in [2.75, 3.05) is 42.9 Å². The van der Waals surface area contributed by atoms with Gasteiger partial charge in [-0.15, -0.1) is 0 Å². The number of halogens is 3. The molecule has 2 amide bonds. The minimum Gasteiger partial charge on any atom is -0.388 e. The van der Waals surface area contributed by atoms with E-state index < -0.39 is 23.9 Å². The molecule has 1 saturated heterocycles. The van der Waals surface area contributed by atoms with E-state index in [1.54, 1.807) is 36.4 Å². The summed E-state index contributed by atoms with van der Waals surface area (Å²) in [5, 5.41) is 12.8. The third-order valence-electron chi connectivity index (χ3n) is 5.07. The average molecular weight is 434 g/mol. The molecule has 4 N–H and O–H groups in total. The molecule has 1 heterocycles. The van der Waals surface area contributed by atoms with E-state index >= 15 is 0 Å². The second kappa shape index (κ2) is 9.84. The van der Waals surface area contributed by atoms with Crippen LogP contribution in [0.4, 0.5) is 29.3 Å². The molecule has 0 aliphatic carbocycles. The Hall–Kier alpha value is -3.04. The number of hydrogen-bond donors (Lipinski definition) is 3. The number of hydrogen-bond acceptors (Lipinski definition) is 4. The zero-order valence-corrected chi connectivity index (χ0v) is 16.8. The number of primary amides is 1. The molecule has 0 unspecified atom stereocenters. The molecule has 9 heteroatoms. The first-order valence-electron chi connectivity index (χ1n) is 9.88. The zero-order valence-electron chi connectivity index (χ0n) is 16.8. The van der Waals surface area contributed by atoms with Gasteiger partial charge in [-0.3, -0.25) is 4.90 Å². The van der Waals surface area contributed by atoms with Crippen molar-refractivity contribution in [1.82, 2.24) is 4.90 Å². The van der Waals surface area contributed by atoms with Gasteiger partial charge in [0.2, 0.25) is 0 Å². The quantitative estimate of drug-likeness (QED) is 0.651. The van der Waals surface area contributed by atoms with E-state index in [0.717, 1.165) is 23.4 Å². The molecule has 6 nitrogen and oxygen atoms in total. The summed E-state index contributed by atoms with van der Waals surface area (Å²) in [6, 6.07) is 11.6. The van der Waals surface area contributed by atoms with E-state index in [1.807, 2.05) is 4.90 Å². The Morgan fingerprint density at radius 1 is 1.06 bits per heavy atom. The maximum atomic E-state index is 12.7. The summed E-state index contributed by atoms with van der Waals surface area (Å²) in [4.78, 5) is 15.0. The Morgan fingerprint density at radius 3 is 2.23 bits per heavy atom. The molecule has 1 aliphatic heterocycles. The number of nitrogens with two attached hydrogens (primary N) is 1. The number of urea groups is 1. The fourth-order valence-corrected chi connectivity index (χ4v) is 3.42. The summed E-state index contributed by atoms with van der Waals surface area (Å²) in [7, 11) is 0. The highest BCUT2D eigenvalue weighted by Gasteiger charge is 2.30. The predicted octanol–water partition coefficient (Wildman–Crippen LogP) is 3.39. The number of benzene rings is 2. The third-order valence-corrected chi connectivity index (χ3v) is 5.07. The summed E-state index contributed by atoms with van der Waals surface area (Å²) in [6.07, 6.45) is -1.47. The maximum Gasteiger partial charge on any atom is 0.416 e. The summed E-state index contributed by atoms with van der Waals surface area (Å²) in [5.74, 6) is 0. The molecule has 0 aromatic heterocycles. The van der Waals surface area contributed by atoms with Crippen molar-refractivity contribution in [2.45, 2.75) is 12.3 Å². The van der Waals surface area contributed by atoms with Crippen LogP contribution < -0.4 is 16.0 Å². The van der Waals surface area contributed by atoms with Crippen LogP contribution in [0.1, 0.15) is 11.1 Å². The van der Waals surface area contributed by atoms with E-state index in [4.69, 9.17) is 5.73 Å². The van der Waals surface area contributed by atoms with E-state index in [1.165, 1.54) is 12.1 Å². The number of rotatable bonds is 6. The van der Waals surface area contributed by atoms with Gasteiger partial charge >= 0.3 is 12.2 Å². The molecule has 0 bridgehead atoms. The van der Waals surface area contributed by atoms with Crippen LogP contribution in [0.5, 0.6) is 0 Å². The van der Waals surface area contributed by atoms with E-state index in [9.17, 15) is 23.1 Å². The van der Waals surface area contributed by atoms with Crippen LogP contribution in [0, 0.1) is 0 Å². The summed E-state index contributed by atoms with van der Waals surface area (Å²) >= 11 is 0. The van der Waals surface area contributed by atoms with Gasteiger partial charge in [0.15, 0.2) is 0 Å². The van der Waals surface area contributed by atoms with Gasteiger partial charge in [-0.05, 0) is 42.0 Å². The summed E-state index contributed by atoms with van der Waals surface area (Å²) in [5.41, 5.74) is 6.65. The molecule has 0 spiro atoms. The predicted molar refractivity (Wildman–Crippen MR) is 115 cm³/mol. The molecule has 166 valence electrons. The van der Waals surface area contributed by atoms with Crippen molar-refractivity contribution >= 4 is 23.5 Å². The van der Waals surface area contributed by atoms with Crippen LogP contribution in [0.2, 0.25) is 0 Å². The first kappa shape index (κ1) is 22.6. The van der Waals surface area contributed by atoms with Crippen molar-refractivity contribution in [1.29, 1.82) is 0 Å². The minimum absolute atomic E-state index is 0.471.